The number of carbonyl (C=O) groups is 1. The number of nitrogens with one attached hydrogen (secondary N) is 1. The predicted octanol–water partition coefficient (Wildman–Crippen LogP) is 5.44. The molecule has 1 amide bonds. The maximum absolute atomic E-state index is 13.3. The Kier molecular flexibility index (Phi) is 8.09. The average molecular weight is 550 g/mol. The lowest BCUT2D eigenvalue weighted by Crippen LogP contribution is -2.28. The Morgan fingerprint density at radius 1 is 1.09 bits per heavy atom. The van der Waals surface area contributed by atoms with E-state index in [-0.39, 0.29) is 33.7 Å². The van der Waals surface area contributed by atoms with Crippen LogP contribution < -0.4 is 9.62 Å². The van der Waals surface area contributed by atoms with E-state index in [1.54, 1.807) is 0 Å². The van der Waals surface area contributed by atoms with Crippen LogP contribution >= 0.6 is 34.9 Å². The van der Waals surface area contributed by atoms with E-state index in [1.165, 1.54) is 30.3 Å². The number of halogens is 3. The van der Waals surface area contributed by atoms with Gasteiger partial charge in [-0.1, -0.05) is 59.6 Å². The van der Waals surface area contributed by atoms with Gasteiger partial charge in [-0.05, 0) is 41.5 Å². The lowest BCUT2D eigenvalue weighted by Gasteiger charge is -2.27. The van der Waals surface area contributed by atoms with Crippen molar-refractivity contribution in [1.82, 2.24) is 14.1 Å². The van der Waals surface area contributed by atoms with Crippen LogP contribution in [0.3, 0.4) is 0 Å². The van der Waals surface area contributed by atoms with Gasteiger partial charge in [0.15, 0.2) is 5.82 Å². The van der Waals surface area contributed by atoms with E-state index in [1.807, 2.05) is 30.3 Å². The maximum atomic E-state index is 13.3. The van der Waals surface area contributed by atoms with Crippen molar-refractivity contribution < 1.29 is 17.9 Å². The van der Waals surface area contributed by atoms with Crippen molar-refractivity contribution in [2.75, 3.05) is 4.31 Å². The van der Waals surface area contributed by atoms with Crippen LogP contribution in [0.2, 0.25) is 10.0 Å². The van der Waals surface area contributed by atoms with Gasteiger partial charge in [0.25, 0.3) is 5.91 Å². The zero-order valence-corrected chi connectivity index (χ0v) is 20.9. The van der Waals surface area contributed by atoms with E-state index >= 15 is 0 Å². The Bertz CT molecular complexity index is 1390. The molecule has 1 unspecified atom stereocenters. The summed E-state index contributed by atoms with van der Waals surface area (Å²) in [6.07, 6.45) is 0.346. The molecule has 3 aromatic carbocycles. The van der Waals surface area contributed by atoms with Gasteiger partial charge in [-0.15, -0.1) is 0 Å². The average Bonchev–Trinajstić information content (AvgIpc) is 3.27. The largest absolute Gasteiger partial charge is 0.755 e. The summed E-state index contributed by atoms with van der Waals surface area (Å²) in [5.41, 5.74) is 1.89. The lowest BCUT2D eigenvalue weighted by atomic mass is 10.1. The summed E-state index contributed by atoms with van der Waals surface area (Å²) in [6, 6.07) is 17.5. The monoisotopic (exact) mass is 549 g/mol. The van der Waals surface area contributed by atoms with E-state index in [0.717, 1.165) is 27.7 Å². The summed E-state index contributed by atoms with van der Waals surface area (Å²) in [5, 5.41) is 3.05. The van der Waals surface area contributed by atoms with Crippen molar-refractivity contribution in [2.45, 2.75) is 13.0 Å². The first kappa shape index (κ1) is 25.2. The quantitative estimate of drug-likeness (QED) is 0.295. The van der Waals surface area contributed by atoms with Crippen LogP contribution in [0.1, 0.15) is 27.2 Å². The van der Waals surface area contributed by atoms with Crippen LogP contribution in [0.25, 0.3) is 0 Å². The molecule has 1 N–H and O–H groups in total. The van der Waals surface area contributed by atoms with Crippen molar-refractivity contribution in [3.8, 4) is 0 Å². The van der Waals surface area contributed by atoms with Crippen LogP contribution in [-0.2, 0) is 24.2 Å². The van der Waals surface area contributed by atoms with Gasteiger partial charge in [0.05, 0.1) is 34.2 Å². The molecule has 0 saturated heterocycles. The molecule has 0 radical (unpaired) electrons. The molecule has 1 heterocycles. The molecule has 0 fully saturated rings. The first-order valence-corrected chi connectivity index (χ1v) is 12.6. The Balaban J connectivity index is 1.66. The summed E-state index contributed by atoms with van der Waals surface area (Å²) in [6.45, 7) is -0.0120. The highest BCUT2D eigenvalue weighted by Gasteiger charge is 2.24. The number of anilines is 2. The van der Waals surface area contributed by atoms with Crippen molar-refractivity contribution in [3.05, 3.63) is 105 Å². The number of amides is 1. The molecule has 12 heteroatoms. The zero-order chi connectivity index (χ0) is 24.9. The van der Waals surface area contributed by atoms with E-state index < -0.39 is 23.0 Å². The third-order valence-electron chi connectivity index (χ3n) is 4.97. The van der Waals surface area contributed by atoms with Gasteiger partial charge in [0, 0.05) is 23.0 Å². The molecule has 1 atom stereocenters. The molecular weight excluding hydrogens is 534 g/mol. The van der Waals surface area contributed by atoms with Crippen molar-refractivity contribution in [2.24, 2.45) is 0 Å². The van der Waals surface area contributed by atoms with Gasteiger partial charge >= 0.3 is 0 Å². The molecule has 0 saturated carbocycles. The summed E-state index contributed by atoms with van der Waals surface area (Å²) in [4.78, 5) is 13.1. The highest BCUT2D eigenvalue weighted by Crippen LogP contribution is 2.34. The zero-order valence-electron chi connectivity index (χ0n) is 17.8. The Morgan fingerprint density at radius 2 is 1.86 bits per heavy atom. The summed E-state index contributed by atoms with van der Waals surface area (Å²) in [7, 11) is 0. The summed E-state index contributed by atoms with van der Waals surface area (Å²) in [5.74, 6) is -1.02. The van der Waals surface area contributed by atoms with Gasteiger partial charge in [0.1, 0.15) is 11.5 Å². The molecule has 4 rings (SSSR count). The number of hydrogen-bond donors (Lipinski definition) is 1. The summed E-state index contributed by atoms with van der Waals surface area (Å²) >= 11 is 10.2. The molecule has 180 valence electrons. The molecular formula is C23H16Cl2FN4O3S2-. The fraction of sp³-hybridized carbons (Fsp3) is 0.0870. The van der Waals surface area contributed by atoms with Gasteiger partial charge < -0.3 is 9.87 Å². The highest BCUT2D eigenvalue weighted by molar-refractivity contribution is 7.81. The summed E-state index contributed by atoms with van der Waals surface area (Å²) < 4.78 is 47.4. The Labute approximate surface area is 217 Å². The van der Waals surface area contributed by atoms with Crippen molar-refractivity contribution >= 4 is 63.6 Å². The van der Waals surface area contributed by atoms with Gasteiger partial charge in [-0.3, -0.25) is 13.3 Å². The van der Waals surface area contributed by atoms with Crippen molar-refractivity contribution in [3.63, 3.8) is 0 Å². The SMILES string of the molecule is O=C(NCc1ccc(F)cc1Cl)c1cc(Cl)ccc1N(c1nsnc1Cc1ccccc1)S(=O)[O-]. The maximum Gasteiger partial charge on any atom is 0.253 e. The van der Waals surface area contributed by atoms with Crippen molar-refractivity contribution in [1.29, 1.82) is 0 Å². The second-order valence-corrected chi connectivity index (χ2v) is 9.46. The van der Waals surface area contributed by atoms with Crippen LogP contribution in [0, 0.1) is 5.82 Å². The smallest absolute Gasteiger partial charge is 0.253 e. The van der Waals surface area contributed by atoms with Crippen LogP contribution in [0.4, 0.5) is 15.9 Å². The fourth-order valence-corrected chi connectivity index (χ4v) is 4.94. The van der Waals surface area contributed by atoms with Gasteiger partial charge in [-0.2, -0.15) is 8.75 Å². The molecule has 35 heavy (non-hydrogen) atoms. The number of benzene rings is 3. The third-order valence-corrected chi connectivity index (χ3v) is 6.78. The first-order chi connectivity index (χ1) is 16.8. The molecule has 4 aromatic rings. The minimum absolute atomic E-state index is 0.00130. The second-order valence-electron chi connectivity index (χ2n) is 7.29. The van der Waals surface area contributed by atoms with E-state index in [2.05, 4.69) is 14.1 Å². The lowest BCUT2D eigenvalue weighted by molar-refractivity contribution is 0.0951. The van der Waals surface area contributed by atoms with Crippen LogP contribution in [0.5, 0.6) is 0 Å². The molecule has 0 aliphatic rings. The first-order valence-electron chi connectivity index (χ1n) is 10.1. The number of nitrogens with zero attached hydrogens (tertiary/aromatic N) is 3. The van der Waals surface area contributed by atoms with E-state index in [9.17, 15) is 17.9 Å². The molecule has 1 aromatic heterocycles. The molecule has 7 nitrogen and oxygen atoms in total. The number of rotatable bonds is 8. The molecule has 0 bridgehead atoms. The predicted molar refractivity (Wildman–Crippen MR) is 134 cm³/mol. The van der Waals surface area contributed by atoms with Gasteiger partial charge in [-0.25, -0.2) is 4.39 Å². The number of carbonyl (C=O) groups excluding carboxylic acids is 1. The Morgan fingerprint density at radius 3 is 2.57 bits per heavy atom. The third kappa shape index (κ3) is 6.03. The number of aromatic nitrogens is 2. The minimum atomic E-state index is -2.83. The second kappa shape index (κ2) is 11.2. The van der Waals surface area contributed by atoms with E-state index in [0.29, 0.717) is 17.7 Å². The molecule has 0 spiro atoms. The van der Waals surface area contributed by atoms with E-state index in [4.69, 9.17) is 23.2 Å². The standard InChI is InChI=1S/C23H17Cl2FN4O3S2/c24-16-7-9-21(18(11-16)23(31)27-13-15-6-8-17(26)12-19(15)25)30(35(32)33)22-20(28-34-29-22)10-14-4-2-1-3-5-14/h1-9,11-12H,10,13H2,(H,27,31)(H,32,33)/p-1. The van der Waals surface area contributed by atoms with Gasteiger partial charge in [0.2, 0.25) is 0 Å². The van der Waals surface area contributed by atoms with Crippen LogP contribution in [-0.4, -0.2) is 23.4 Å². The normalized spacial score (nSPS) is 11.8. The van der Waals surface area contributed by atoms with Crippen LogP contribution in [0.15, 0.2) is 66.7 Å². The topological polar surface area (TPSA) is 98.2 Å². The number of hydrogen-bond acceptors (Lipinski definition) is 6. The fourth-order valence-electron chi connectivity index (χ4n) is 3.32. The highest BCUT2D eigenvalue weighted by atomic mass is 35.5. The minimum Gasteiger partial charge on any atom is -0.755 e. The molecule has 0 aliphatic carbocycles. The molecule has 0 aliphatic heterocycles. The Hall–Kier alpha value is -2.89.